The van der Waals surface area contributed by atoms with E-state index in [0.29, 0.717) is 24.2 Å². The Kier molecular flexibility index (Phi) is 7.77. The van der Waals surface area contributed by atoms with E-state index in [0.717, 1.165) is 63.1 Å². The van der Waals surface area contributed by atoms with Crippen molar-refractivity contribution in [2.75, 3.05) is 40.3 Å². The molecule has 0 radical (unpaired) electrons. The number of aryl methyl sites for hydroxylation is 1. The second-order valence-electron chi connectivity index (χ2n) is 9.16. The Morgan fingerprint density at radius 3 is 2.50 bits per heavy atom. The Morgan fingerprint density at radius 1 is 1.09 bits per heavy atom. The minimum Gasteiger partial charge on any atom is -0.399 e. The third kappa shape index (κ3) is 5.38. The largest absolute Gasteiger partial charge is 0.399 e. The molecule has 0 aliphatic carbocycles. The number of nitrogens with zero attached hydrogens (tertiary/aromatic N) is 4. The summed E-state index contributed by atoms with van der Waals surface area (Å²) in [4.78, 5) is 34.7. The van der Waals surface area contributed by atoms with Gasteiger partial charge in [0.2, 0.25) is 0 Å². The van der Waals surface area contributed by atoms with Crippen LogP contribution in [-0.2, 0) is 11.4 Å². The summed E-state index contributed by atoms with van der Waals surface area (Å²) in [7, 11) is 3.35. The quantitative estimate of drug-likeness (QED) is 0.336. The van der Waals surface area contributed by atoms with Crippen molar-refractivity contribution in [2.45, 2.75) is 38.6 Å². The van der Waals surface area contributed by atoms with Gasteiger partial charge in [-0.05, 0) is 75.6 Å². The number of piperidine rings is 1. The molecule has 2 aliphatic rings. The van der Waals surface area contributed by atoms with E-state index >= 15 is 0 Å². The molecule has 0 spiro atoms. The highest BCUT2D eigenvalue weighted by Gasteiger charge is 2.28. The van der Waals surface area contributed by atoms with Gasteiger partial charge < -0.3 is 19.2 Å². The first kappa shape index (κ1) is 24.1. The molecule has 8 heteroatoms. The third-order valence-electron chi connectivity index (χ3n) is 6.92. The second kappa shape index (κ2) is 11.0. The first-order chi connectivity index (χ1) is 16.5. The number of benzene rings is 1. The summed E-state index contributed by atoms with van der Waals surface area (Å²) in [6.45, 7) is 4.17. The summed E-state index contributed by atoms with van der Waals surface area (Å²) in [6, 6.07) is 7.83. The summed E-state index contributed by atoms with van der Waals surface area (Å²) in [5.74, 6) is -0.154. The minimum absolute atomic E-state index is 0.0167. The van der Waals surface area contributed by atoms with Gasteiger partial charge in [-0.15, -0.1) is 0 Å². The Morgan fingerprint density at radius 2 is 1.79 bits per heavy atom. The van der Waals surface area contributed by atoms with Gasteiger partial charge in [0, 0.05) is 49.8 Å². The first-order valence-electron chi connectivity index (χ1n) is 12.0. The molecule has 2 aliphatic heterocycles. The highest BCUT2D eigenvalue weighted by molar-refractivity contribution is 6.11. The van der Waals surface area contributed by atoms with Crippen molar-refractivity contribution < 1.29 is 18.8 Å². The predicted molar refractivity (Wildman–Crippen MR) is 129 cm³/mol. The zero-order chi connectivity index (χ0) is 24.1. The number of likely N-dealkylation sites (tertiary alicyclic amines) is 1. The molecular formula is C26H33FN4O3. The van der Waals surface area contributed by atoms with Crippen molar-refractivity contribution in [3.05, 3.63) is 59.2 Å². The molecule has 0 saturated carbocycles. The minimum atomic E-state index is -0.317. The molecule has 1 amide bonds. The van der Waals surface area contributed by atoms with Crippen LogP contribution in [0.15, 0.2) is 41.7 Å². The summed E-state index contributed by atoms with van der Waals surface area (Å²) in [5, 5.41) is 4.14. The molecule has 1 aromatic heterocycles. The van der Waals surface area contributed by atoms with Crippen LogP contribution in [0.25, 0.3) is 0 Å². The predicted octanol–water partition coefficient (Wildman–Crippen LogP) is 3.83. The molecule has 2 aromatic rings. The number of ketones is 1. The molecule has 1 aromatic carbocycles. The molecule has 182 valence electrons. The standard InChI is InChI=1S/C26H33FN4O3/c1-29-15-12-23(28-34-2)22-11-18-31(24(22)26(29)33)14-4-3-13-30-16-9-20(10-17-30)25(32)19-5-7-21(27)8-6-19/h5-8,11,18,20H,3-4,9-10,12-17H2,1-2H3/b28-23+. The molecule has 0 atom stereocenters. The van der Waals surface area contributed by atoms with Crippen molar-refractivity contribution in [1.29, 1.82) is 0 Å². The van der Waals surface area contributed by atoms with Crippen LogP contribution in [0.3, 0.4) is 0 Å². The number of Topliss-reactive ketones (excluding diaryl/α,β-unsaturated/α-hetero) is 1. The van der Waals surface area contributed by atoms with E-state index in [1.165, 1.54) is 19.2 Å². The summed E-state index contributed by atoms with van der Waals surface area (Å²) in [5.41, 5.74) is 2.97. The van der Waals surface area contributed by atoms with Gasteiger partial charge in [0.1, 0.15) is 18.6 Å². The lowest BCUT2D eigenvalue weighted by Gasteiger charge is -2.31. The number of hydrogen-bond donors (Lipinski definition) is 0. The third-order valence-corrected chi connectivity index (χ3v) is 6.92. The number of rotatable bonds is 8. The van der Waals surface area contributed by atoms with E-state index in [1.807, 2.05) is 23.9 Å². The van der Waals surface area contributed by atoms with Crippen LogP contribution in [0.5, 0.6) is 0 Å². The molecule has 1 fully saturated rings. The lowest BCUT2D eigenvalue weighted by atomic mass is 9.89. The summed E-state index contributed by atoms with van der Waals surface area (Å²) < 4.78 is 15.2. The van der Waals surface area contributed by atoms with Crippen molar-refractivity contribution in [3.8, 4) is 0 Å². The van der Waals surface area contributed by atoms with Gasteiger partial charge >= 0.3 is 0 Å². The topological polar surface area (TPSA) is 67.1 Å². The zero-order valence-electron chi connectivity index (χ0n) is 20.0. The van der Waals surface area contributed by atoms with E-state index in [-0.39, 0.29) is 23.4 Å². The molecule has 3 heterocycles. The average molecular weight is 469 g/mol. The number of amides is 1. The number of hydrogen-bond acceptors (Lipinski definition) is 5. The van der Waals surface area contributed by atoms with E-state index in [4.69, 9.17) is 4.84 Å². The number of carbonyl (C=O) groups is 2. The Balaban J connectivity index is 1.26. The molecule has 0 bridgehead atoms. The lowest BCUT2D eigenvalue weighted by molar-refractivity contribution is 0.0788. The molecule has 0 unspecified atom stereocenters. The lowest BCUT2D eigenvalue weighted by Crippen LogP contribution is -2.37. The fourth-order valence-corrected chi connectivity index (χ4v) is 4.91. The fourth-order valence-electron chi connectivity index (χ4n) is 4.91. The van der Waals surface area contributed by atoms with Gasteiger partial charge in [-0.1, -0.05) is 5.16 Å². The van der Waals surface area contributed by atoms with Crippen LogP contribution >= 0.6 is 0 Å². The molecule has 34 heavy (non-hydrogen) atoms. The molecule has 1 saturated heterocycles. The Hall–Kier alpha value is -3.00. The Bertz CT molecular complexity index is 1040. The van der Waals surface area contributed by atoms with E-state index < -0.39 is 0 Å². The van der Waals surface area contributed by atoms with E-state index in [2.05, 4.69) is 10.1 Å². The first-order valence-corrected chi connectivity index (χ1v) is 12.0. The highest BCUT2D eigenvalue weighted by Crippen LogP contribution is 2.23. The fraction of sp³-hybridized carbons (Fsp3) is 0.500. The normalized spacial score (nSPS) is 18.7. The van der Waals surface area contributed by atoms with Gasteiger partial charge in [-0.3, -0.25) is 9.59 Å². The maximum atomic E-state index is 13.1. The maximum absolute atomic E-state index is 13.1. The van der Waals surface area contributed by atoms with Gasteiger partial charge in [-0.25, -0.2) is 4.39 Å². The number of oxime groups is 1. The number of carbonyl (C=O) groups excluding carboxylic acids is 2. The van der Waals surface area contributed by atoms with E-state index in [9.17, 15) is 14.0 Å². The van der Waals surface area contributed by atoms with Crippen molar-refractivity contribution in [2.24, 2.45) is 11.1 Å². The summed E-state index contributed by atoms with van der Waals surface area (Å²) in [6.07, 6.45) is 6.30. The van der Waals surface area contributed by atoms with Crippen LogP contribution in [0.1, 0.15) is 58.5 Å². The van der Waals surface area contributed by atoms with Crippen LogP contribution in [0, 0.1) is 11.7 Å². The maximum Gasteiger partial charge on any atom is 0.270 e. The van der Waals surface area contributed by atoms with Crippen molar-refractivity contribution in [3.63, 3.8) is 0 Å². The van der Waals surface area contributed by atoms with Crippen LogP contribution in [0.2, 0.25) is 0 Å². The van der Waals surface area contributed by atoms with Gasteiger partial charge in [0.05, 0.1) is 5.71 Å². The van der Waals surface area contributed by atoms with Crippen LogP contribution < -0.4 is 0 Å². The molecular weight excluding hydrogens is 435 g/mol. The van der Waals surface area contributed by atoms with Crippen LogP contribution in [0.4, 0.5) is 4.39 Å². The smallest absolute Gasteiger partial charge is 0.270 e. The number of unbranched alkanes of at least 4 members (excludes halogenated alkanes) is 1. The van der Waals surface area contributed by atoms with Gasteiger partial charge in [0.25, 0.3) is 5.91 Å². The van der Waals surface area contributed by atoms with Crippen molar-refractivity contribution in [1.82, 2.24) is 14.4 Å². The van der Waals surface area contributed by atoms with Gasteiger partial charge in [-0.2, -0.15) is 0 Å². The number of fused-ring (bicyclic) bond motifs is 1. The van der Waals surface area contributed by atoms with E-state index in [1.54, 1.807) is 17.0 Å². The average Bonchev–Trinajstić information content (AvgIpc) is 3.23. The Labute approximate surface area is 200 Å². The zero-order valence-corrected chi connectivity index (χ0v) is 20.0. The molecule has 4 rings (SSSR count). The number of halogens is 1. The van der Waals surface area contributed by atoms with Crippen molar-refractivity contribution >= 4 is 17.4 Å². The summed E-state index contributed by atoms with van der Waals surface area (Å²) >= 11 is 0. The SMILES string of the molecule is CO/N=C1\CCN(C)C(=O)c2c1ccn2CCCCN1CCC(C(=O)c2ccc(F)cc2)CC1. The highest BCUT2D eigenvalue weighted by atomic mass is 19.1. The second-order valence-corrected chi connectivity index (χ2v) is 9.16. The molecule has 0 N–H and O–H groups in total. The monoisotopic (exact) mass is 468 g/mol. The molecule has 7 nitrogen and oxygen atoms in total. The van der Waals surface area contributed by atoms with Gasteiger partial charge in [0.15, 0.2) is 5.78 Å². The number of aromatic nitrogens is 1. The van der Waals surface area contributed by atoms with Crippen LogP contribution in [-0.4, -0.2) is 72.1 Å².